The first-order valence-electron chi connectivity index (χ1n) is 8.05. The molecule has 3 rings (SSSR count). The summed E-state index contributed by atoms with van der Waals surface area (Å²) in [7, 11) is 0. The number of aliphatic hydroxyl groups excluding tert-OH is 1. The van der Waals surface area contributed by atoms with Crippen LogP contribution in [0.4, 0.5) is 13.2 Å². The van der Waals surface area contributed by atoms with Crippen molar-refractivity contribution in [2.24, 2.45) is 0 Å². The van der Waals surface area contributed by atoms with Gasteiger partial charge in [0.15, 0.2) is 5.75 Å². The summed E-state index contributed by atoms with van der Waals surface area (Å²) in [5, 5.41) is 13.2. The molecule has 2 N–H and O–H groups in total. The van der Waals surface area contributed by atoms with Gasteiger partial charge >= 0.3 is 6.36 Å². The maximum Gasteiger partial charge on any atom is 0.573 e. The van der Waals surface area contributed by atoms with E-state index in [4.69, 9.17) is 0 Å². The van der Waals surface area contributed by atoms with Crippen LogP contribution in [0.25, 0.3) is 11.0 Å². The number of imidazole rings is 1. The number of aliphatic hydroxyl groups is 1. The van der Waals surface area contributed by atoms with Gasteiger partial charge in [-0.25, -0.2) is 4.98 Å². The quantitative estimate of drug-likeness (QED) is 0.781. The summed E-state index contributed by atoms with van der Waals surface area (Å²) in [5.74, 6) is -0.242. The second-order valence-corrected chi connectivity index (χ2v) is 6.02. The van der Waals surface area contributed by atoms with Crippen LogP contribution in [0.5, 0.6) is 5.75 Å². The monoisotopic (exact) mass is 415 g/mol. The molecule has 2 aromatic rings. The van der Waals surface area contributed by atoms with Gasteiger partial charge in [0.25, 0.3) is 0 Å². The van der Waals surface area contributed by atoms with Crippen LogP contribution in [0.1, 0.15) is 25.7 Å². The molecule has 0 amide bonds. The number of halogens is 5. The van der Waals surface area contributed by atoms with Crippen LogP contribution in [0.3, 0.4) is 0 Å². The molecule has 1 aromatic carbocycles. The van der Waals surface area contributed by atoms with E-state index in [2.05, 4.69) is 15.0 Å². The minimum absolute atomic E-state index is 0. The number of hydrogen-bond acceptors (Lipinski definition) is 4. The van der Waals surface area contributed by atoms with Gasteiger partial charge in [0, 0.05) is 12.6 Å². The number of ether oxygens (including phenoxy) is 1. The van der Waals surface area contributed by atoms with E-state index in [9.17, 15) is 18.3 Å². The molecule has 1 fully saturated rings. The Hall–Kier alpha value is -1.22. The van der Waals surface area contributed by atoms with Crippen LogP contribution >= 0.6 is 24.8 Å². The molecular weight excluding hydrogens is 394 g/mol. The lowest BCUT2D eigenvalue weighted by Gasteiger charge is -2.29. The highest BCUT2D eigenvalue weighted by Crippen LogP contribution is 2.30. The first-order chi connectivity index (χ1) is 11.4. The minimum atomic E-state index is -4.74. The molecule has 26 heavy (non-hydrogen) atoms. The molecule has 0 aliphatic carbocycles. The Morgan fingerprint density at radius 3 is 2.77 bits per heavy atom. The van der Waals surface area contributed by atoms with Crippen molar-refractivity contribution in [3.8, 4) is 5.75 Å². The van der Waals surface area contributed by atoms with E-state index >= 15 is 0 Å². The molecule has 2 heterocycles. The van der Waals surface area contributed by atoms with Crippen molar-refractivity contribution in [3.63, 3.8) is 0 Å². The summed E-state index contributed by atoms with van der Waals surface area (Å²) in [6, 6.07) is 4.48. The lowest BCUT2D eigenvalue weighted by molar-refractivity contribution is -0.274. The Morgan fingerprint density at radius 1 is 1.31 bits per heavy atom. The van der Waals surface area contributed by atoms with Gasteiger partial charge in [-0.2, -0.15) is 0 Å². The van der Waals surface area contributed by atoms with E-state index < -0.39 is 6.36 Å². The van der Waals surface area contributed by atoms with E-state index in [0.717, 1.165) is 32.2 Å². The normalized spacial score (nSPS) is 20.3. The molecular formula is C16H22Cl2F3N3O2. The van der Waals surface area contributed by atoms with E-state index in [1.54, 1.807) is 10.6 Å². The number of piperidine rings is 1. The van der Waals surface area contributed by atoms with Crippen LogP contribution < -0.4 is 10.1 Å². The summed E-state index contributed by atoms with van der Waals surface area (Å²) in [4.78, 5) is 4.14. The summed E-state index contributed by atoms with van der Waals surface area (Å²) in [6.45, 7) is 1.40. The van der Waals surface area contributed by atoms with Crippen molar-refractivity contribution < 1.29 is 23.0 Å². The molecule has 1 saturated heterocycles. The first-order valence-corrected chi connectivity index (χ1v) is 8.05. The van der Waals surface area contributed by atoms with Crippen molar-refractivity contribution in [2.45, 2.75) is 50.7 Å². The Morgan fingerprint density at radius 2 is 2.08 bits per heavy atom. The Kier molecular flexibility index (Phi) is 8.46. The fraction of sp³-hybridized carbons (Fsp3) is 0.562. The average Bonchev–Trinajstić information content (AvgIpc) is 2.92. The molecule has 0 unspecified atom stereocenters. The molecule has 0 saturated carbocycles. The first kappa shape index (κ1) is 22.8. The summed E-state index contributed by atoms with van der Waals surface area (Å²) in [5.41, 5.74) is 0.805. The van der Waals surface area contributed by atoms with Gasteiger partial charge in [0.2, 0.25) is 0 Å². The molecule has 148 valence electrons. The van der Waals surface area contributed by atoms with Crippen LogP contribution in [-0.2, 0) is 6.54 Å². The molecule has 0 bridgehead atoms. The fourth-order valence-electron chi connectivity index (χ4n) is 3.18. The molecule has 10 heteroatoms. The van der Waals surface area contributed by atoms with Crippen LogP contribution in [0.15, 0.2) is 24.5 Å². The smallest absolute Gasteiger partial charge is 0.403 e. The highest BCUT2D eigenvalue weighted by Gasteiger charge is 2.32. The zero-order valence-electron chi connectivity index (χ0n) is 13.9. The van der Waals surface area contributed by atoms with E-state index in [1.807, 2.05) is 0 Å². The Labute approximate surface area is 161 Å². The standard InChI is InChI=1S/C16H20F3N3O2.2ClH/c17-16(18,19)24-14-7-1-4-12-15(14)22(10-21-12)9-3-5-11-13(23)6-2-8-20-11;;/h1,4,7,10-11,13,20,23H,2-3,5-6,8-9H2;2*1H/t11-,13+;;/m1../s1. The number of benzene rings is 1. The number of para-hydroxylation sites is 1. The van der Waals surface area contributed by atoms with E-state index in [-0.39, 0.29) is 42.7 Å². The molecule has 0 spiro atoms. The van der Waals surface area contributed by atoms with Gasteiger partial charge in [-0.1, -0.05) is 6.07 Å². The molecule has 1 aliphatic rings. The van der Waals surface area contributed by atoms with Crippen molar-refractivity contribution >= 4 is 35.8 Å². The maximum absolute atomic E-state index is 12.6. The third-order valence-electron chi connectivity index (χ3n) is 4.29. The van der Waals surface area contributed by atoms with Crippen LogP contribution in [0, 0.1) is 0 Å². The highest BCUT2D eigenvalue weighted by atomic mass is 35.5. The minimum Gasteiger partial charge on any atom is -0.403 e. The largest absolute Gasteiger partial charge is 0.573 e. The topological polar surface area (TPSA) is 59.3 Å². The number of nitrogens with zero attached hydrogens (tertiary/aromatic N) is 2. The van der Waals surface area contributed by atoms with Gasteiger partial charge in [-0.3, -0.25) is 0 Å². The molecule has 5 nitrogen and oxygen atoms in total. The van der Waals surface area contributed by atoms with Gasteiger partial charge in [0.05, 0.1) is 17.9 Å². The number of aryl methyl sites for hydroxylation is 1. The summed E-state index contributed by atoms with van der Waals surface area (Å²) >= 11 is 0. The summed E-state index contributed by atoms with van der Waals surface area (Å²) < 4.78 is 43.5. The second kappa shape index (κ2) is 9.64. The highest BCUT2D eigenvalue weighted by molar-refractivity contribution is 5.85. The number of fused-ring (bicyclic) bond motifs is 1. The lowest BCUT2D eigenvalue weighted by atomic mass is 9.97. The zero-order chi connectivity index (χ0) is 17.2. The number of aromatic nitrogens is 2. The van der Waals surface area contributed by atoms with Crippen molar-refractivity contribution in [2.75, 3.05) is 6.54 Å². The molecule has 1 aromatic heterocycles. The third kappa shape index (κ3) is 5.64. The van der Waals surface area contributed by atoms with Crippen molar-refractivity contribution in [1.29, 1.82) is 0 Å². The number of alkyl halides is 3. The third-order valence-corrected chi connectivity index (χ3v) is 4.29. The lowest BCUT2D eigenvalue weighted by Crippen LogP contribution is -2.44. The van der Waals surface area contributed by atoms with Gasteiger partial charge in [-0.15, -0.1) is 38.0 Å². The number of nitrogens with one attached hydrogen (secondary N) is 1. The van der Waals surface area contributed by atoms with E-state index in [1.165, 1.54) is 18.5 Å². The molecule has 1 aliphatic heterocycles. The van der Waals surface area contributed by atoms with E-state index in [0.29, 0.717) is 17.6 Å². The summed E-state index contributed by atoms with van der Waals surface area (Å²) in [6.07, 6.45) is -0.346. The van der Waals surface area contributed by atoms with Crippen LogP contribution in [0.2, 0.25) is 0 Å². The number of rotatable bonds is 5. The van der Waals surface area contributed by atoms with Gasteiger partial charge in [-0.05, 0) is 44.4 Å². The van der Waals surface area contributed by atoms with Crippen LogP contribution in [-0.4, -0.2) is 39.7 Å². The Bertz CT molecular complexity index is 697. The Balaban J connectivity index is 0.00000169. The molecule has 0 radical (unpaired) electrons. The fourth-order valence-corrected chi connectivity index (χ4v) is 3.18. The predicted molar refractivity (Wildman–Crippen MR) is 97.2 cm³/mol. The van der Waals surface area contributed by atoms with Gasteiger partial charge in [0.1, 0.15) is 5.52 Å². The number of hydrogen-bond donors (Lipinski definition) is 2. The average molecular weight is 416 g/mol. The second-order valence-electron chi connectivity index (χ2n) is 6.02. The zero-order valence-corrected chi connectivity index (χ0v) is 15.5. The maximum atomic E-state index is 12.6. The SMILES string of the molecule is Cl.Cl.O[C@H]1CCCN[C@@H]1CCCn1cnc2cccc(OC(F)(F)F)c21. The molecule has 2 atom stereocenters. The van der Waals surface area contributed by atoms with Crippen molar-refractivity contribution in [1.82, 2.24) is 14.9 Å². The van der Waals surface area contributed by atoms with Crippen molar-refractivity contribution in [3.05, 3.63) is 24.5 Å². The van der Waals surface area contributed by atoms with Gasteiger partial charge < -0.3 is 19.7 Å². The predicted octanol–water partition coefficient (Wildman–Crippen LogP) is 3.67.